The van der Waals surface area contributed by atoms with Crippen LogP contribution in [0.3, 0.4) is 0 Å². The molecule has 4 amide bonds. The van der Waals surface area contributed by atoms with Crippen molar-refractivity contribution in [1.82, 2.24) is 41.0 Å². The number of aromatic amines is 1. The van der Waals surface area contributed by atoms with Crippen LogP contribution in [-0.2, 0) is 19.1 Å². The molecule has 4 heterocycles. The Hall–Kier alpha value is -5.60. The van der Waals surface area contributed by atoms with Crippen LogP contribution in [0.5, 0.6) is 0 Å². The Balaban J connectivity index is 1.00. The Morgan fingerprint density at radius 2 is 1.40 bits per heavy atom. The minimum atomic E-state index is -0.713. The highest BCUT2D eigenvalue weighted by Gasteiger charge is 2.43. The summed E-state index contributed by atoms with van der Waals surface area (Å²) in [6.07, 6.45) is 8.55. The van der Waals surface area contributed by atoms with E-state index in [9.17, 15) is 19.2 Å². The first-order valence-corrected chi connectivity index (χ1v) is 21.4. The van der Waals surface area contributed by atoms with E-state index >= 15 is 4.39 Å². The molecule has 7 atom stereocenters. The van der Waals surface area contributed by atoms with E-state index in [1.165, 1.54) is 25.3 Å². The van der Waals surface area contributed by atoms with Gasteiger partial charge in [-0.2, -0.15) is 0 Å². The fourth-order valence-corrected chi connectivity index (χ4v) is 10.3. The van der Waals surface area contributed by atoms with Gasteiger partial charge in [-0.3, -0.25) is 9.59 Å². The standard InChI is InChI=1S/C45H57FN8O6/c1-23(2)38(51-44(57)59-5)42(55)53-17-7-9-34(53)40-47-21-32(49-40)25-13-14-28(31(46)20-25)29-15-16-30(37-27-12-11-26(19-27)36(29)37)33-22-48-41(50-33)35-10-8-18-54(35)43(56)39(24(3)4)52-45(58)60-6/h13-16,20-24,26-27,34-35,38-40,47,49H,7-12,17-19H2,1-6H3,(H,48,50)(H,51,57)(H,52,58)/t26?,27?,34-,35-,38-,39-,40?/m0/s1. The number of hydrogen-bond donors (Lipinski definition) is 5. The highest BCUT2D eigenvalue weighted by atomic mass is 19.1. The fraction of sp³-hybridized carbons (Fsp3) is 0.533. The average Bonchev–Trinajstić information content (AvgIpc) is 4.09. The van der Waals surface area contributed by atoms with Crippen LogP contribution < -0.4 is 21.3 Å². The highest BCUT2D eigenvalue weighted by Crippen LogP contribution is 2.58. The van der Waals surface area contributed by atoms with Crippen molar-refractivity contribution in [3.8, 4) is 22.4 Å². The Morgan fingerprint density at radius 3 is 2.05 bits per heavy atom. The maximum atomic E-state index is 16.4. The number of alkyl carbamates (subject to hydrolysis) is 2. The van der Waals surface area contributed by atoms with Gasteiger partial charge in [-0.25, -0.2) is 19.0 Å². The number of rotatable bonds is 11. The van der Waals surface area contributed by atoms with Gasteiger partial charge in [0.1, 0.15) is 29.9 Å². The van der Waals surface area contributed by atoms with Gasteiger partial charge in [0.2, 0.25) is 11.8 Å². The van der Waals surface area contributed by atoms with Crippen LogP contribution in [0.1, 0.15) is 113 Å². The Morgan fingerprint density at radius 1 is 0.800 bits per heavy atom. The first kappa shape index (κ1) is 41.1. The van der Waals surface area contributed by atoms with E-state index in [4.69, 9.17) is 14.5 Å². The minimum Gasteiger partial charge on any atom is -0.453 e. The highest BCUT2D eigenvalue weighted by molar-refractivity contribution is 5.87. The second-order valence-electron chi connectivity index (χ2n) is 17.6. The van der Waals surface area contributed by atoms with Gasteiger partial charge in [-0.05, 0) is 91.4 Å². The van der Waals surface area contributed by atoms with Gasteiger partial charge < -0.3 is 45.5 Å². The number of imidazole rings is 1. The molecule has 14 nitrogen and oxygen atoms in total. The molecule has 320 valence electrons. The molecule has 3 aromatic rings. The normalized spacial score (nSPS) is 23.9. The zero-order chi connectivity index (χ0) is 42.4. The second kappa shape index (κ2) is 16.8. The fourth-order valence-electron chi connectivity index (χ4n) is 10.3. The second-order valence-corrected chi connectivity index (χ2v) is 17.6. The number of carbonyl (C=O) groups excluding carboxylic acids is 4. The minimum absolute atomic E-state index is 0.127. The lowest BCUT2D eigenvalue weighted by molar-refractivity contribution is -0.136. The van der Waals surface area contributed by atoms with Crippen LogP contribution in [0, 0.1) is 17.7 Å². The molecule has 15 heteroatoms. The molecule has 8 rings (SSSR count). The van der Waals surface area contributed by atoms with Gasteiger partial charge in [0, 0.05) is 36.0 Å². The summed E-state index contributed by atoms with van der Waals surface area (Å²) < 4.78 is 26.0. The van der Waals surface area contributed by atoms with E-state index in [-0.39, 0.29) is 47.7 Å². The Bertz CT molecular complexity index is 2190. The van der Waals surface area contributed by atoms with Crippen LogP contribution in [0.2, 0.25) is 0 Å². The number of amides is 4. The van der Waals surface area contributed by atoms with Gasteiger partial charge in [0.05, 0.1) is 43.9 Å². The van der Waals surface area contributed by atoms with Gasteiger partial charge >= 0.3 is 12.2 Å². The first-order valence-electron chi connectivity index (χ1n) is 21.4. The molecular formula is C45H57FN8O6. The molecule has 3 aliphatic heterocycles. The van der Waals surface area contributed by atoms with Gasteiger partial charge in [0.15, 0.2) is 0 Å². The van der Waals surface area contributed by atoms with Crippen molar-refractivity contribution in [2.45, 2.75) is 115 Å². The third kappa shape index (κ3) is 7.55. The molecular weight excluding hydrogens is 768 g/mol. The van der Waals surface area contributed by atoms with Crippen molar-refractivity contribution in [3.05, 3.63) is 71.1 Å². The smallest absolute Gasteiger partial charge is 0.407 e. The molecule has 1 saturated carbocycles. The van der Waals surface area contributed by atoms with Gasteiger partial charge in [-0.1, -0.05) is 52.0 Å². The summed E-state index contributed by atoms with van der Waals surface area (Å²) in [5, 5.41) is 12.3. The zero-order valence-corrected chi connectivity index (χ0v) is 35.3. The number of hydrogen-bond acceptors (Lipinski definition) is 9. The van der Waals surface area contributed by atoms with E-state index in [1.807, 2.05) is 68.1 Å². The maximum Gasteiger partial charge on any atom is 0.407 e. The molecule has 2 saturated heterocycles. The maximum absolute atomic E-state index is 16.4. The van der Waals surface area contributed by atoms with Crippen molar-refractivity contribution in [2.24, 2.45) is 11.8 Å². The van der Waals surface area contributed by atoms with Crippen LogP contribution in [0.4, 0.5) is 14.0 Å². The predicted molar refractivity (Wildman–Crippen MR) is 224 cm³/mol. The first-order chi connectivity index (χ1) is 28.9. The summed E-state index contributed by atoms with van der Waals surface area (Å²) in [5.41, 5.74) is 7.35. The van der Waals surface area contributed by atoms with Crippen LogP contribution in [0.25, 0.3) is 28.1 Å². The third-order valence-corrected chi connectivity index (χ3v) is 13.3. The van der Waals surface area contributed by atoms with Crippen molar-refractivity contribution < 1.29 is 33.0 Å². The third-order valence-electron chi connectivity index (χ3n) is 13.3. The topological polar surface area (TPSA) is 170 Å². The zero-order valence-electron chi connectivity index (χ0n) is 35.3. The lowest BCUT2D eigenvalue weighted by atomic mass is 9.82. The van der Waals surface area contributed by atoms with Crippen LogP contribution in [0.15, 0.2) is 42.7 Å². The monoisotopic (exact) mass is 824 g/mol. The number of halogens is 1. The SMILES string of the molecule is COC(=O)N[C@H](C(=O)N1CCC[C@H]1c1ncc(-c2ccc(-c3ccc(C4=CNC([C@@H]5CCCN5C(=O)[C@@H](NC(=O)OC)C(C)C)N4)cc3F)c3c2C2CCC3C2)[nH]1)C(C)C. The van der Waals surface area contributed by atoms with Crippen LogP contribution in [-0.4, -0.2) is 95.4 Å². The van der Waals surface area contributed by atoms with Crippen molar-refractivity contribution in [2.75, 3.05) is 27.3 Å². The number of carbonyl (C=O) groups is 4. The number of nitrogens with one attached hydrogen (secondary N) is 5. The number of fused-ring (bicyclic) bond motifs is 5. The van der Waals surface area contributed by atoms with E-state index in [0.717, 1.165) is 67.5 Å². The lowest BCUT2D eigenvalue weighted by Crippen LogP contribution is -2.57. The number of nitrogens with zero attached hydrogens (tertiary/aromatic N) is 3. The summed E-state index contributed by atoms with van der Waals surface area (Å²) in [4.78, 5) is 63.6. The average molecular weight is 825 g/mol. The molecule has 5 N–H and O–H groups in total. The van der Waals surface area contributed by atoms with Crippen LogP contribution >= 0.6 is 0 Å². The lowest BCUT2D eigenvalue weighted by Gasteiger charge is -2.34. The van der Waals surface area contributed by atoms with Crippen molar-refractivity contribution in [3.63, 3.8) is 0 Å². The molecule has 60 heavy (non-hydrogen) atoms. The largest absolute Gasteiger partial charge is 0.453 e. The Labute approximate surface area is 350 Å². The molecule has 0 spiro atoms. The molecule has 1 aromatic heterocycles. The predicted octanol–water partition coefficient (Wildman–Crippen LogP) is 6.48. The Kier molecular flexibility index (Phi) is 11.5. The quantitative estimate of drug-likeness (QED) is 0.145. The molecule has 5 aliphatic rings. The molecule has 2 aromatic carbocycles. The van der Waals surface area contributed by atoms with E-state index in [0.29, 0.717) is 41.9 Å². The van der Waals surface area contributed by atoms with Crippen molar-refractivity contribution >= 4 is 29.7 Å². The van der Waals surface area contributed by atoms with Crippen molar-refractivity contribution in [1.29, 1.82) is 0 Å². The molecule has 0 radical (unpaired) electrons. The molecule has 2 aliphatic carbocycles. The number of H-pyrrole nitrogens is 1. The summed E-state index contributed by atoms with van der Waals surface area (Å²) >= 11 is 0. The summed E-state index contributed by atoms with van der Waals surface area (Å²) in [6.45, 7) is 8.74. The number of ether oxygens (including phenoxy) is 2. The molecule has 2 bridgehead atoms. The van der Waals surface area contributed by atoms with E-state index in [1.54, 1.807) is 6.07 Å². The molecule has 3 unspecified atom stereocenters. The molecule has 3 fully saturated rings. The van der Waals surface area contributed by atoms with E-state index < -0.39 is 24.3 Å². The van der Waals surface area contributed by atoms with Gasteiger partial charge in [0.25, 0.3) is 0 Å². The number of methoxy groups -OCH3 is 2. The number of benzene rings is 2. The number of likely N-dealkylation sites (tertiary alicyclic amines) is 2. The summed E-state index contributed by atoms with van der Waals surface area (Å²) in [5.74, 6) is 0.576. The number of aromatic nitrogens is 2. The summed E-state index contributed by atoms with van der Waals surface area (Å²) in [7, 11) is 2.57. The summed E-state index contributed by atoms with van der Waals surface area (Å²) in [6, 6.07) is 7.70. The van der Waals surface area contributed by atoms with E-state index in [2.05, 4.69) is 32.3 Å². The van der Waals surface area contributed by atoms with Gasteiger partial charge in [-0.15, -0.1) is 0 Å².